The third-order valence-electron chi connectivity index (χ3n) is 4.41. The second-order valence-electron chi connectivity index (χ2n) is 6.31. The van der Waals surface area contributed by atoms with Gasteiger partial charge < -0.3 is 15.4 Å². The van der Waals surface area contributed by atoms with Crippen LogP contribution >= 0.6 is 12.4 Å². The van der Waals surface area contributed by atoms with Gasteiger partial charge in [0.1, 0.15) is 5.75 Å². The quantitative estimate of drug-likeness (QED) is 0.617. The molecule has 0 atom stereocenters. The van der Waals surface area contributed by atoms with E-state index in [2.05, 4.69) is 27.8 Å². The fourth-order valence-electron chi connectivity index (χ4n) is 2.90. The summed E-state index contributed by atoms with van der Waals surface area (Å²) in [6.07, 6.45) is 3.88. The van der Waals surface area contributed by atoms with Gasteiger partial charge in [0.2, 0.25) is 0 Å². The Bertz CT molecular complexity index is 700. The molecule has 0 aliphatic carbocycles. The maximum absolute atomic E-state index is 12.3. The Hall–Kier alpha value is -2.05. The number of nitrogens with zero attached hydrogens (tertiary/aromatic N) is 1. The molecule has 3 N–H and O–H groups in total. The summed E-state index contributed by atoms with van der Waals surface area (Å²) in [6, 6.07) is 8.08. The minimum Gasteiger partial charge on any atom is -0.494 e. The van der Waals surface area contributed by atoms with E-state index in [0.717, 1.165) is 55.8 Å². The van der Waals surface area contributed by atoms with Crippen molar-refractivity contribution < 1.29 is 9.53 Å². The second kappa shape index (κ2) is 10.2. The van der Waals surface area contributed by atoms with Gasteiger partial charge in [-0.05, 0) is 30.5 Å². The molecule has 1 aromatic heterocycles. The van der Waals surface area contributed by atoms with Gasteiger partial charge in [-0.15, -0.1) is 12.4 Å². The van der Waals surface area contributed by atoms with E-state index in [1.165, 1.54) is 5.56 Å². The van der Waals surface area contributed by atoms with Crippen LogP contribution < -0.4 is 15.4 Å². The highest BCUT2D eigenvalue weighted by molar-refractivity contribution is 5.94. The van der Waals surface area contributed by atoms with Crippen molar-refractivity contribution in [3.8, 4) is 5.75 Å². The number of unbranched alkanes of at least 4 members (excludes halogenated alkanes) is 1. The largest absolute Gasteiger partial charge is 0.494 e. The molecular weight excluding hydrogens is 352 g/mol. The van der Waals surface area contributed by atoms with Crippen LogP contribution in [0.4, 0.5) is 0 Å². The molecule has 7 heteroatoms. The molecule has 26 heavy (non-hydrogen) atoms. The van der Waals surface area contributed by atoms with Gasteiger partial charge in [-0.25, -0.2) is 0 Å². The normalized spacial score (nSPS) is 12.8. The van der Waals surface area contributed by atoms with E-state index in [0.29, 0.717) is 18.8 Å². The first-order valence-electron chi connectivity index (χ1n) is 9.04. The molecule has 1 amide bonds. The minimum absolute atomic E-state index is 0. The zero-order chi connectivity index (χ0) is 17.5. The number of halogens is 1. The number of aromatic amines is 1. The lowest BCUT2D eigenvalue weighted by molar-refractivity contribution is 0.0948. The van der Waals surface area contributed by atoms with E-state index in [1.807, 2.05) is 24.3 Å². The van der Waals surface area contributed by atoms with Crippen LogP contribution in [0.5, 0.6) is 5.75 Å². The molecule has 0 radical (unpaired) electrons. The lowest BCUT2D eigenvalue weighted by Gasteiger charge is -2.12. The molecule has 1 aliphatic heterocycles. The zero-order valence-corrected chi connectivity index (χ0v) is 16.0. The molecule has 0 spiro atoms. The monoisotopic (exact) mass is 378 g/mol. The molecule has 1 aliphatic rings. The minimum atomic E-state index is -0.110. The number of rotatable bonds is 8. The lowest BCUT2D eigenvalue weighted by atomic mass is 10.1. The molecule has 0 fully saturated rings. The standard InChI is InChI=1S/C19H26N4O2.ClH/c1-2-3-12-25-15-6-4-14(5-7-15)8-11-21-19(24)18-16-13-20-10-9-17(16)22-23-18;/h4-7,20H,2-3,8-13H2,1H3,(H,21,24)(H,22,23);1H. The molecule has 0 bridgehead atoms. The summed E-state index contributed by atoms with van der Waals surface area (Å²) in [6.45, 7) is 5.12. The first kappa shape index (κ1) is 20.3. The van der Waals surface area contributed by atoms with Crippen LogP contribution in [-0.2, 0) is 19.4 Å². The van der Waals surface area contributed by atoms with Gasteiger partial charge >= 0.3 is 0 Å². The topological polar surface area (TPSA) is 79.0 Å². The molecule has 6 nitrogen and oxygen atoms in total. The van der Waals surface area contributed by atoms with Gasteiger partial charge in [-0.1, -0.05) is 25.5 Å². The van der Waals surface area contributed by atoms with E-state index in [9.17, 15) is 4.79 Å². The SMILES string of the molecule is CCCCOc1ccc(CCNC(=O)c2n[nH]c3c2CNCC3)cc1.Cl. The van der Waals surface area contributed by atoms with E-state index in [4.69, 9.17) is 4.74 Å². The molecule has 0 unspecified atom stereocenters. The number of fused-ring (bicyclic) bond motifs is 1. The Morgan fingerprint density at radius 1 is 1.31 bits per heavy atom. The van der Waals surface area contributed by atoms with E-state index in [1.54, 1.807) is 0 Å². The Kier molecular flexibility index (Phi) is 7.94. The molecule has 2 heterocycles. The highest BCUT2D eigenvalue weighted by Gasteiger charge is 2.21. The summed E-state index contributed by atoms with van der Waals surface area (Å²) in [4.78, 5) is 12.3. The first-order chi connectivity index (χ1) is 12.3. The fourth-order valence-corrected chi connectivity index (χ4v) is 2.90. The molecule has 0 saturated carbocycles. The number of ether oxygens (including phenoxy) is 1. The fraction of sp³-hybridized carbons (Fsp3) is 0.474. The Balaban J connectivity index is 0.00000243. The van der Waals surface area contributed by atoms with Crippen LogP contribution in [0, 0.1) is 0 Å². The first-order valence-corrected chi connectivity index (χ1v) is 9.04. The van der Waals surface area contributed by atoms with Gasteiger partial charge in [-0.2, -0.15) is 5.10 Å². The molecule has 142 valence electrons. The number of carbonyl (C=O) groups is 1. The summed E-state index contributed by atoms with van der Waals surface area (Å²) in [7, 11) is 0. The van der Waals surface area contributed by atoms with Crippen LogP contribution in [0.15, 0.2) is 24.3 Å². The number of aromatic nitrogens is 2. The van der Waals surface area contributed by atoms with Gasteiger partial charge in [0, 0.05) is 37.3 Å². The molecule has 3 rings (SSSR count). The van der Waals surface area contributed by atoms with Crippen molar-refractivity contribution >= 4 is 18.3 Å². The maximum atomic E-state index is 12.3. The van der Waals surface area contributed by atoms with Gasteiger partial charge in [-0.3, -0.25) is 9.89 Å². The van der Waals surface area contributed by atoms with Gasteiger partial charge in [0.05, 0.1) is 6.61 Å². The third kappa shape index (κ3) is 5.22. The second-order valence-corrected chi connectivity index (χ2v) is 6.31. The molecule has 0 saturated heterocycles. The van der Waals surface area contributed by atoms with Crippen LogP contribution in [0.1, 0.15) is 47.1 Å². The van der Waals surface area contributed by atoms with E-state index in [-0.39, 0.29) is 18.3 Å². The summed E-state index contributed by atoms with van der Waals surface area (Å²) in [5.41, 5.74) is 3.76. The van der Waals surface area contributed by atoms with Gasteiger partial charge in [0.15, 0.2) is 5.69 Å². The lowest BCUT2D eigenvalue weighted by Crippen LogP contribution is -2.29. The molecule has 1 aromatic carbocycles. The van der Waals surface area contributed by atoms with Crippen molar-refractivity contribution in [2.75, 3.05) is 19.7 Å². The highest BCUT2D eigenvalue weighted by Crippen LogP contribution is 2.15. The number of hydrogen-bond acceptors (Lipinski definition) is 4. The van der Waals surface area contributed by atoms with E-state index < -0.39 is 0 Å². The zero-order valence-electron chi connectivity index (χ0n) is 15.1. The predicted octanol–water partition coefficient (Wildman–Crippen LogP) is 2.63. The Morgan fingerprint density at radius 2 is 2.12 bits per heavy atom. The van der Waals surface area contributed by atoms with Crippen molar-refractivity contribution in [2.24, 2.45) is 0 Å². The summed E-state index contributed by atoms with van der Waals surface area (Å²) < 4.78 is 5.66. The number of nitrogens with one attached hydrogen (secondary N) is 3. The van der Waals surface area contributed by atoms with Crippen molar-refractivity contribution in [1.29, 1.82) is 0 Å². The van der Waals surface area contributed by atoms with Crippen molar-refractivity contribution in [1.82, 2.24) is 20.8 Å². The van der Waals surface area contributed by atoms with Crippen LogP contribution in [0.2, 0.25) is 0 Å². The average molecular weight is 379 g/mol. The Labute approximate surface area is 160 Å². The smallest absolute Gasteiger partial charge is 0.272 e. The Morgan fingerprint density at radius 3 is 2.88 bits per heavy atom. The number of H-pyrrole nitrogens is 1. The van der Waals surface area contributed by atoms with E-state index >= 15 is 0 Å². The van der Waals surface area contributed by atoms with Crippen molar-refractivity contribution in [2.45, 2.75) is 39.2 Å². The summed E-state index contributed by atoms with van der Waals surface area (Å²) in [5.74, 6) is 0.789. The van der Waals surface area contributed by atoms with Crippen LogP contribution in [-0.4, -0.2) is 35.8 Å². The number of amides is 1. The number of carbonyl (C=O) groups excluding carboxylic acids is 1. The maximum Gasteiger partial charge on any atom is 0.272 e. The predicted molar refractivity (Wildman–Crippen MR) is 104 cm³/mol. The van der Waals surface area contributed by atoms with Crippen LogP contribution in [0.3, 0.4) is 0 Å². The van der Waals surface area contributed by atoms with Crippen molar-refractivity contribution in [3.63, 3.8) is 0 Å². The highest BCUT2D eigenvalue weighted by atomic mass is 35.5. The summed E-state index contributed by atoms with van der Waals surface area (Å²) in [5, 5.41) is 13.4. The number of benzene rings is 1. The summed E-state index contributed by atoms with van der Waals surface area (Å²) >= 11 is 0. The van der Waals surface area contributed by atoms with Crippen LogP contribution in [0.25, 0.3) is 0 Å². The third-order valence-corrected chi connectivity index (χ3v) is 4.41. The van der Waals surface area contributed by atoms with Crippen molar-refractivity contribution in [3.05, 3.63) is 46.8 Å². The molecular formula is C19H27ClN4O2. The average Bonchev–Trinajstić information content (AvgIpc) is 3.07. The van der Waals surface area contributed by atoms with Gasteiger partial charge in [0.25, 0.3) is 5.91 Å². The molecule has 2 aromatic rings. The number of hydrogen-bond donors (Lipinski definition) is 3.